The maximum Gasteiger partial charge on any atom is 0.257 e. The average Bonchev–Trinajstić information content (AvgIpc) is 2.81. The number of Topliss-reactive ketones (excluding diaryl/α,β-unsaturated/α-hetero) is 1. The SMILES string of the molecule is CN(C)c1cc(CN)c(O)c2c1CC1CC3[C@H](N(C)C)C(O)=C(C(=O)NCN)C(=N)[C@@]3(O)C(O)=C1C2=O. The summed E-state index contributed by atoms with van der Waals surface area (Å²) in [5.74, 6) is -4.55. The van der Waals surface area contributed by atoms with Gasteiger partial charge in [-0.2, -0.15) is 0 Å². The van der Waals surface area contributed by atoms with Gasteiger partial charge in [-0.1, -0.05) is 0 Å². The summed E-state index contributed by atoms with van der Waals surface area (Å²) < 4.78 is 0. The van der Waals surface area contributed by atoms with Crippen molar-refractivity contribution in [1.29, 1.82) is 5.41 Å². The predicted octanol–water partition coefficient (Wildman–Crippen LogP) is -0.357. The zero-order valence-electron chi connectivity index (χ0n) is 21.3. The molecule has 0 saturated heterocycles. The third-order valence-electron chi connectivity index (χ3n) is 7.78. The first kappa shape index (κ1) is 26.6. The number of rotatable bonds is 5. The number of aliphatic hydroxyl groups excluding tert-OH is 2. The van der Waals surface area contributed by atoms with Gasteiger partial charge in [-0.3, -0.25) is 14.5 Å². The molecule has 0 aromatic heterocycles. The number of allylic oxidation sites excluding steroid dienone is 1. The van der Waals surface area contributed by atoms with Crippen LogP contribution in [0.4, 0.5) is 5.69 Å². The Balaban J connectivity index is 1.97. The fourth-order valence-corrected chi connectivity index (χ4v) is 6.12. The Morgan fingerprint density at radius 2 is 1.86 bits per heavy atom. The number of phenols is 1. The van der Waals surface area contributed by atoms with Crippen LogP contribution in [0.1, 0.15) is 27.9 Å². The Bertz CT molecular complexity index is 1270. The van der Waals surface area contributed by atoms with Crippen LogP contribution in [-0.4, -0.2) is 89.2 Å². The van der Waals surface area contributed by atoms with Gasteiger partial charge in [0.25, 0.3) is 5.91 Å². The van der Waals surface area contributed by atoms with Gasteiger partial charge >= 0.3 is 0 Å². The molecule has 10 N–H and O–H groups in total. The number of nitrogens with two attached hydrogens (primary N) is 2. The number of likely N-dealkylation sites (N-methyl/N-ethyl adjacent to an activating group) is 1. The number of carbonyl (C=O) groups excluding carboxylic acids is 2. The molecule has 12 heteroatoms. The lowest BCUT2D eigenvalue weighted by molar-refractivity contribution is -0.117. The maximum atomic E-state index is 13.9. The third kappa shape index (κ3) is 3.62. The minimum Gasteiger partial charge on any atom is -0.510 e. The van der Waals surface area contributed by atoms with E-state index in [1.54, 1.807) is 39.2 Å². The molecule has 0 heterocycles. The highest BCUT2D eigenvalue weighted by molar-refractivity contribution is 6.26. The largest absolute Gasteiger partial charge is 0.510 e. The molecule has 4 rings (SSSR count). The molecule has 0 bridgehead atoms. The number of aromatic hydroxyl groups is 1. The number of nitrogens with zero attached hydrogens (tertiary/aromatic N) is 2. The van der Waals surface area contributed by atoms with Gasteiger partial charge in [0.2, 0.25) is 0 Å². The molecular weight excluding hydrogens is 480 g/mol. The summed E-state index contributed by atoms with van der Waals surface area (Å²) in [5, 5.41) is 56.5. The molecule has 0 fully saturated rings. The van der Waals surface area contributed by atoms with Gasteiger partial charge in [-0.15, -0.1) is 0 Å². The third-order valence-corrected chi connectivity index (χ3v) is 7.78. The molecule has 0 saturated carbocycles. The van der Waals surface area contributed by atoms with E-state index in [4.69, 9.17) is 16.9 Å². The van der Waals surface area contributed by atoms with Crippen LogP contribution in [0.3, 0.4) is 0 Å². The van der Waals surface area contributed by atoms with Gasteiger partial charge in [0.15, 0.2) is 11.4 Å². The normalized spacial score (nSPS) is 27.2. The van der Waals surface area contributed by atoms with Crippen LogP contribution in [0.2, 0.25) is 0 Å². The lowest BCUT2D eigenvalue weighted by atomic mass is 9.58. The molecule has 0 spiro atoms. The highest BCUT2D eigenvalue weighted by atomic mass is 16.3. The van der Waals surface area contributed by atoms with Crippen molar-refractivity contribution in [2.45, 2.75) is 31.0 Å². The van der Waals surface area contributed by atoms with Crippen LogP contribution < -0.4 is 21.7 Å². The highest BCUT2D eigenvalue weighted by Crippen LogP contribution is 2.53. The van der Waals surface area contributed by atoms with E-state index in [-0.39, 0.29) is 42.9 Å². The summed E-state index contributed by atoms with van der Waals surface area (Å²) >= 11 is 0. The number of benzene rings is 1. The molecule has 3 aliphatic rings. The lowest BCUT2D eigenvalue weighted by Gasteiger charge is -2.51. The lowest BCUT2D eigenvalue weighted by Crippen LogP contribution is -2.63. The summed E-state index contributed by atoms with van der Waals surface area (Å²) in [6, 6.07) is 0.782. The Kier molecular flexibility index (Phi) is 6.57. The van der Waals surface area contributed by atoms with Crippen molar-refractivity contribution in [2.24, 2.45) is 23.3 Å². The number of nitrogens with one attached hydrogen (secondary N) is 2. The number of anilines is 1. The van der Waals surface area contributed by atoms with Crippen molar-refractivity contribution in [2.75, 3.05) is 39.8 Å². The second-order valence-electron chi connectivity index (χ2n) is 10.2. The van der Waals surface area contributed by atoms with Crippen molar-refractivity contribution in [1.82, 2.24) is 10.2 Å². The number of carbonyl (C=O) groups is 2. The number of fused-ring (bicyclic) bond motifs is 3. The van der Waals surface area contributed by atoms with E-state index < -0.39 is 58.0 Å². The summed E-state index contributed by atoms with van der Waals surface area (Å²) in [6.45, 7) is -0.300. The highest BCUT2D eigenvalue weighted by Gasteiger charge is 2.61. The second kappa shape index (κ2) is 9.14. The van der Waals surface area contributed by atoms with Crippen LogP contribution in [0, 0.1) is 17.2 Å². The fraction of sp³-hybridized carbons (Fsp3) is 0.480. The topological polar surface area (TPSA) is 209 Å². The van der Waals surface area contributed by atoms with Gasteiger partial charge in [-0.05, 0) is 44.5 Å². The second-order valence-corrected chi connectivity index (χ2v) is 10.2. The van der Waals surface area contributed by atoms with Crippen LogP contribution >= 0.6 is 0 Å². The summed E-state index contributed by atoms with van der Waals surface area (Å²) in [4.78, 5) is 30.0. The Morgan fingerprint density at radius 3 is 2.41 bits per heavy atom. The van der Waals surface area contributed by atoms with Crippen LogP contribution in [0.15, 0.2) is 28.7 Å². The molecule has 1 aromatic carbocycles. The van der Waals surface area contributed by atoms with Crippen molar-refractivity contribution >= 4 is 23.1 Å². The quantitative estimate of drug-likeness (QED) is 0.239. The molecule has 4 atom stereocenters. The van der Waals surface area contributed by atoms with Gasteiger partial charge in [-0.25, -0.2) is 0 Å². The Hall–Kier alpha value is -3.45. The zero-order valence-corrected chi connectivity index (χ0v) is 21.3. The van der Waals surface area contributed by atoms with Crippen LogP contribution in [0.25, 0.3) is 0 Å². The van der Waals surface area contributed by atoms with Crippen molar-refractivity contribution in [3.8, 4) is 5.75 Å². The van der Waals surface area contributed by atoms with Crippen molar-refractivity contribution < 1.29 is 30.0 Å². The van der Waals surface area contributed by atoms with E-state index in [0.29, 0.717) is 16.8 Å². The first-order valence-electron chi connectivity index (χ1n) is 12.0. The van der Waals surface area contributed by atoms with Gasteiger partial charge in [0.1, 0.15) is 22.8 Å². The average molecular weight is 515 g/mol. The standard InChI is InChI=1S/C25H34N6O6/c1-30(2)14-7-11(8-26)19(32)16-12(14)5-10-6-13-18(31(3)4)21(34)17(24(36)29-9-27)22(28)25(13,37)23(35)15(10)20(16)33/h7,10,13,18,28,32,34-35,37H,5-6,8-9,26-27H2,1-4H3,(H,29,36)/t10?,13?,18-,25+/m0/s1. The van der Waals surface area contributed by atoms with E-state index in [9.17, 15) is 30.0 Å². The smallest absolute Gasteiger partial charge is 0.257 e. The number of aliphatic hydroxyl groups is 3. The number of phenolic OH excluding ortho intramolecular Hbond substituents is 1. The number of hydrogen-bond donors (Lipinski definition) is 8. The van der Waals surface area contributed by atoms with Crippen molar-refractivity contribution in [3.05, 3.63) is 45.4 Å². The van der Waals surface area contributed by atoms with E-state index in [1.165, 1.54) is 0 Å². The fourth-order valence-electron chi connectivity index (χ4n) is 6.12. The monoisotopic (exact) mass is 514 g/mol. The number of ketones is 1. The van der Waals surface area contributed by atoms with Gasteiger partial charge in [0, 0.05) is 43.4 Å². The van der Waals surface area contributed by atoms with E-state index in [0.717, 1.165) is 0 Å². The van der Waals surface area contributed by atoms with Crippen LogP contribution in [0.5, 0.6) is 5.75 Å². The van der Waals surface area contributed by atoms with Gasteiger partial charge < -0.3 is 47.5 Å². The van der Waals surface area contributed by atoms with Crippen LogP contribution in [-0.2, 0) is 17.8 Å². The summed E-state index contributed by atoms with van der Waals surface area (Å²) in [7, 11) is 6.90. The Labute approximate surface area is 214 Å². The Morgan fingerprint density at radius 1 is 1.22 bits per heavy atom. The number of amides is 1. The molecular formula is C25H34N6O6. The first-order chi connectivity index (χ1) is 17.3. The molecule has 1 amide bonds. The van der Waals surface area contributed by atoms with Gasteiger partial charge in [0.05, 0.1) is 24.0 Å². The molecule has 12 nitrogen and oxygen atoms in total. The molecule has 0 radical (unpaired) electrons. The zero-order chi connectivity index (χ0) is 27.6. The maximum absolute atomic E-state index is 13.9. The minimum absolute atomic E-state index is 0.00233. The molecule has 2 unspecified atom stereocenters. The number of hydrogen-bond acceptors (Lipinski definition) is 11. The molecule has 37 heavy (non-hydrogen) atoms. The van der Waals surface area contributed by atoms with Crippen molar-refractivity contribution in [3.63, 3.8) is 0 Å². The minimum atomic E-state index is -2.44. The molecule has 0 aliphatic heterocycles. The summed E-state index contributed by atoms with van der Waals surface area (Å²) in [6.07, 6.45) is 0.381. The molecule has 1 aromatic rings. The molecule has 200 valence electrons. The first-order valence-corrected chi connectivity index (χ1v) is 12.0. The molecule has 3 aliphatic carbocycles. The van der Waals surface area contributed by atoms with E-state index >= 15 is 0 Å². The summed E-state index contributed by atoms with van der Waals surface area (Å²) in [5.41, 5.74) is 9.07. The van der Waals surface area contributed by atoms with E-state index in [2.05, 4.69) is 5.32 Å². The predicted molar refractivity (Wildman–Crippen MR) is 137 cm³/mol. The van der Waals surface area contributed by atoms with E-state index in [1.807, 2.05) is 4.90 Å².